The number of halogens is 1. The Morgan fingerprint density at radius 1 is 1.59 bits per heavy atom. The molecule has 0 saturated heterocycles. The second-order valence-corrected chi connectivity index (χ2v) is 4.83. The van der Waals surface area contributed by atoms with Gasteiger partial charge < -0.3 is 15.5 Å². The summed E-state index contributed by atoms with van der Waals surface area (Å²) < 4.78 is 4.87. The van der Waals surface area contributed by atoms with Gasteiger partial charge in [-0.15, -0.1) is 12.4 Å². The van der Waals surface area contributed by atoms with Gasteiger partial charge in [0.2, 0.25) is 0 Å². The quantitative estimate of drug-likeness (QED) is 0.853. The average Bonchev–Trinajstić information content (AvgIpc) is 2.69. The first-order valence-electron chi connectivity index (χ1n) is 5.51. The SMILES string of the molecule is CC(C)CC(C)(CN)NC(=O)c1ccoc1.Cl. The monoisotopic (exact) mass is 260 g/mol. The number of nitrogens with two attached hydrogens (primary N) is 1. The molecule has 0 radical (unpaired) electrons. The summed E-state index contributed by atoms with van der Waals surface area (Å²) in [7, 11) is 0. The van der Waals surface area contributed by atoms with Crippen LogP contribution in [0.15, 0.2) is 23.0 Å². The van der Waals surface area contributed by atoms with E-state index in [0.717, 1.165) is 6.42 Å². The van der Waals surface area contributed by atoms with Gasteiger partial charge in [-0.25, -0.2) is 0 Å². The third kappa shape index (κ3) is 4.79. The van der Waals surface area contributed by atoms with Crippen LogP contribution in [-0.2, 0) is 0 Å². The Morgan fingerprint density at radius 3 is 2.65 bits per heavy atom. The van der Waals surface area contributed by atoms with Gasteiger partial charge in [0, 0.05) is 12.1 Å². The van der Waals surface area contributed by atoms with Crippen molar-refractivity contribution in [3.8, 4) is 0 Å². The number of furan rings is 1. The van der Waals surface area contributed by atoms with Gasteiger partial charge >= 0.3 is 0 Å². The maximum Gasteiger partial charge on any atom is 0.254 e. The zero-order valence-electron chi connectivity index (χ0n) is 10.5. The largest absolute Gasteiger partial charge is 0.472 e. The predicted octanol–water partition coefficient (Wildman–Crippen LogP) is 2.19. The van der Waals surface area contributed by atoms with Crippen molar-refractivity contribution < 1.29 is 9.21 Å². The zero-order chi connectivity index (χ0) is 12.2. The maximum atomic E-state index is 11.8. The van der Waals surface area contributed by atoms with Crippen LogP contribution in [0, 0.1) is 5.92 Å². The summed E-state index contributed by atoms with van der Waals surface area (Å²) in [6, 6.07) is 1.64. The van der Waals surface area contributed by atoms with Crippen molar-refractivity contribution in [2.45, 2.75) is 32.7 Å². The molecule has 4 nitrogen and oxygen atoms in total. The van der Waals surface area contributed by atoms with E-state index in [0.29, 0.717) is 18.0 Å². The summed E-state index contributed by atoms with van der Waals surface area (Å²) in [5, 5.41) is 2.95. The third-order valence-electron chi connectivity index (χ3n) is 2.51. The molecule has 0 aliphatic heterocycles. The smallest absolute Gasteiger partial charge is 0.254 e. The normalized spacial score (nSPS) is 13.9. The number of carbonyl (C=O) groups is 1. The van der Waals surface area contributed by atoms with Crippen LogP contribution in [0.1, 0.15) is 37.6 Å². The van der Waals surface area contributed by atoms with E-state index in [4.69, 9.17) is 10.2 Å². The van der Waals surface area contributed by atoms with E-state index in [1.54, 1.807) is 6.07 Å². The van der Waals surface area contributed by atoms with E-state index in [-0.39, 0.29) is 23.9 Å². The van der Waals surface area contributed by atoms with E-state index in [1.165, 1.54) is 12.5 Å². The van der Waals surface area contributed by atoms with Gasteiger partial charge in [0.25, 0.3) is 5.91 Å². The lowest BCUT2D eigenvalue weighted by molar-refractivity contribution is 0.0897. The van der Waals surface area contributed by atoms with Crippen LogP contribution < -0.4 is 11.1 Å². The highest BCUT2D eigenvalue weighted by molar-refractivity contribution is 5.94. The van der Waals surface area contributed by atoms with Crippen LogP contribution in [0.5, 0.6) is 0 Å². The Kier molecular flexibility index (Phi) is 6.27. The first-order valence-corrected chi connectivity index (χ1v) is 5.51. The highest BCUT2D eigenvalue weighted by Crippen LogP contribution is 2.16. The standard InChI is InChI=1S/C12H20N2O2.ClH/c1-9(2)6-12(3,8-13)14-11(15)10-4-5-16-7-10;/h4-5,7,9H,6,8,13H2,1-3H3,(H,14,15);1H. The van der Waals surface area contributed by atoms with Crippen LogP contribution in [0.3, 0.4) is 0 Å². The summed E-state index contributed by atoms with van der Waals surface area (Å²) in [5.74, 6) is 0.348. The Balaban J connectivity index is 0.00000256. The number of amides is 1. The van der Waals surface area contributed by atoms with Gasteiger partial charge in [-0.05, 0) is 25.3 Å². The van der Waals surface area contributed by atoms with Crippen LogP contribution in [-0.4, -0.2) is 18.0 Å². The Labute approximate surface area is 108 Å². The summed E-state index contributed by atoms with van der Waals surface area (Å²) in [6.45, 7) is 6.61. The molecule has 1 heterocycles. The summed E-state index contributed by atoms with van der Waals surface area (Å²) in [6.07, 6.45) is 3.77. The molecule has 0 bridgehead atoms. The molecule has 0 aromatic carbocycles. The van der Waals surface area contributed by atoms with E-state index in [9.17, 15) is 4.79 Å². The van der Waals surface area contributed by atoms with Crippen molar-refractivity contribution in [1.29, 1.82) is 0 Å². The zero-order valence-corrected chi connectivity index (χ0v) is 11.3. The molecule has 1 aromatic heterocycles. The highest BCUT2D eigenvalue weighted by Gasteiger charge is 2.26. The fourth-order valence-corrected chi connectivity index (χ4v) is 1.83. The third-order valence-corrected chi connectivity index (χ3v) is 2.51. The molecular weight excluding hydrogens is 240 g/mol. The van der Waals surface area contributed by atoms with Crippen molar-refractivity contribution >= 4 is 18.3 Å². The van der Waals surface area contributed by atoms with Gasteiger partial charge in [-0.1, -0.05) is 13.8 Å². The van der Waals surface area contributed by atoms with Crippen LogP contribution >= 0.6 is 12.4 Å². The number of hydrogen-bond acceptors (Lipinski definition) is 3. The minimum Gasteiger partial charge on any atom is -0.472 e. The van der Waals surface area contributed by atoms with Crippen molar-refractivity contribution in [1.82, 2.24) is 5.32 Å². The molecule has 17 heavy (non-hydrogen) atoms. The second kappa shape index (κ2) is 6.67. The summed E-state index contributed by atoms with van der Waals surface area (Å²) in [5.41, 5.74) is 5.89. The van der Waals surface area contributed by atoms with Crippen LogP contribution in [0.4, 0.5) is 0 Å². The second-order valence-electron chi connectivity index (χ2n) is 4.83. The molecular formula is C12H21ClN2O2. The van der Waals surface area contributed by atoms with Crippen molar-refractivity contribution in [2.24, 2.45) is 11.7 Å². The first kappa shape index (κ1) is 16.0. The molecule has 1 unspecified atom stereocenters. The van der Waals surface area contributed by atoms with Crippen LogP contribution in [0.25, 0.3) is 0 Å². The average molecular weight is 261 g/mol. The number of rotatable bonds is 5. The first-order chi connectivity index (χ1) is 7.47. The molecule has 5 heteroatoms. The van der Waals surface area contributed by atoms with Crippen molar-refractivity contribution in [3.05, 3.63) is 24.2 Å². The molecule has 0 fully saturated rings. The number of nitrogens with one attached hydrogen (secondary N) is 1. The predicted molar refractivity (Wildman–Crippen MR) is 70.3 cm³/mol. The maximum absolute atomic E-state index is 11.8. The van der Waals surface area contributed by atoms with Crippen molar-refractivity contribution in [3.63, 3.8) is 0 Å². The van der Waals surface area contributed by atoms with Crippen LogP contribution in [0.2, 0.25) is 0 Å². The molecule has 0 aliphatic carbocycles. The summed E-state index contributed by atoms with van der Waals surface area (Å²) >= 11 is 0. The van der Waals surface area contributed by atoms with Gasteiger partial charge in [-0.3, -0.25) is 4.79 Å². The van der Waals surface area contributed by atoms with Gasteiger partial charge in [-0.2, -0.15) is 0 Å². The highest BCUT2D eigenvalue weighted by atomic mass is 35.5. The molecule has 1 atom stereocenters. The van der Waals surface area contributed by atoms with Gasteiger partial charge in [0.15, 0.2) is 0 Å². The molecule has 3 N–H and O–H groups in total. The lowest BCUT2D eigenvalue weighted by Gasteiger charge is -2.31. The molecule has 1 rings (SSSR count). The lowest BCUT2D eigenvalue weighted by Crippen LogP contribution is -2.52. The Bertz CT molecular complexity index is 338. The summed E-state index contributed by atoms with van der Waals surface area (Å²) in [4.78, 5) is 11.8. The minimum absolute atomic E-state index is 0. The molecule has 1 amide bonds. The fraction of sp³-hybridized carbons (Fsp3) is 0.583. The lowest BCUT2D eigenvalue weighted by atomic mass is 9.90. The minimum atomic E-state index is -0.359. The molecule has 98 valence electrons. The van der Waals surface area contributed by atoms with Crippen molar-refractivity contribution in [2.75, 3.05) is 6.54 Å². The number of carbonyl (C=O) groups excluding carboxylic acids is 1. The Morgan fingerprint density at radius 2 is 2.24 bits per heavy atom. The van der Waals surface area contributed by atoms with Gasteiger partial charge in [0.1, 0.15) is 6.26 Å². The molecule has 0 saturated carbocycles. The molecule has 0 aliphatic rings. The van der Waals surface area contributed by atoms with Gasteiger partial charge in [0.05, 0.1) is 11.8 Å². The van der Waals surface area contributed by atoms with E-state index in [2.05, 4.69) is 19.2 Å². The fourth-order valence-electron chi connectivity index (χ4n) is 1.83. The van der Waals surface area contributed by atoms with E-state index in [1.807, 2.05) is 6.92 Å². The van der Waals surface area contributed by atoms with E-state index >= 15 is 0 Å². The topological polar surface area (TPSA) is 68.3 Å². The Hall–Kier alpha value is -1.00. The molecule has 0 spiro atoms. The number of hydrogen-bond donors (Lipinski definition) is 2. The van der Waals surface area contributed by atoms with E-state index < -0.39 is 0 Å². The molecule has 1 aromatic rings.